The summed E-state index contributed by atoms with van der Waals surface area (Å²) in [6.45, 7) is 8.86. The van der Waals surface area contributed by atoms with Gasteiger partial charge in [0.1, 0.15) is 5.82 Å². The summed E-state index contributed by atoms with van der Waals surface area (Å²) in [5.41, 5.74) is 1.00. The number of likely N-dealkylation sites (tertiary alicyclic amines) is 1. The molecule has 27 heavy (non-hydrogen) atoms. The largest absolute Gasteiger partial charge is 0.377 e. The van der Waals surface area contributed by atoms with Gasteiger partial charge >= 0.3 is 0 Å². The lowest BCUT2D eigenvalue weighted by Crippen LogP contribution is -2.49. The van der Waals surface area contributed by atoms with Crippen molar-refractivity contribution in [3.8, 4) is 0 Å². The number of nitrogens with zero attached hydrogens (tertiary/aromatic N) is 4. The smallest absolute Gasteiger partial charge is 0.191 e. The van der Waals surface area contributed by atoms with Crippen molar-refractivity contribution < 1.29 is 4.74 Å². The Morgan fingerprint density at radius 2 is 2.07 bits per heavy atom. The molecule has 0 aliphatic carbocycles. The maximum atomic E-state index is 5.66. The van der Waals surface area contributed by atoms with E-state index in [9.17, 15) is 0 Å². The lowest BCUT2D eigenvalue weighted by atomic mass is 10.1. The van der Waals surface area contributed by atoms with Crippen molar-refractivity contribution in [3.05, 3.63) is 23.9 Å². The summed E-state index contributed by atoms with van der Waals surface area (Å²) in [5.74, 6) is 1.81. The molecule has 1 aromatic rings. The van der Waals surface area contributed by atoms with Crippen LogP contribution in [0.25, 0.3) is 0 Å². The third kappa shape index (κ3) is 7.72. The molecule has 0 amide bonds. The van der Waals surface area contributed by atoms with E-state index in [1.807, 2.05) is 44.2 Å². The Morgan fingerprint density at radius 1 is 1.33 bits per heavy atom. The molecule has 1 aliphatic heterocycles. The van der Waals surface area contributed by atoms with Crippen molar-refractivity contribution in [2.45, 2.75) is 45.4 Å². The van der Waals surface area contributed by atoms with E-state index in [-0.39, 0.29) is 0 Å². The normalized spacial score (nSPS) is 16.6. The minimum absolute atomic E-state index is 0.312. The van der Waals surface area contributed by atoms with E-state index in [1.54, 1.807) is 0 Å². The van der Waals surface area contributed by atoms with Crippen molar-refractivity contribution in [2.24, 2.45) is 4.99 Å². The molecule has 0 radical (unpaired) electrons. The Hall–Kier alpha value is -1.86. The number of piperidine rings is 1. The van der Waals surface area contributed by atoms with Crippen molar-refractivity contribution in [1.82, 2.24) is 20.5 Å². The molecule has 1 aromatic heterocycles. The van der Waals surface area contributed by atoms with Gasteiger partial charge < -0.3 is 25.2 Å². The zero-order chi connectivity index (χ0) is 19.6. The minimum Gasteiger partial charge on any atom is -0.377 e. The maximum Gasteiger partial charge on any atom is 0.191 e. The highest BCUT2D eigenvalue weighted by Crippen LogP contribution is 2.10. The summed E-state index contributed by atoms with van der Waals surface area (Å²) in [5, 5.41) is 6.93. The standard InChI is InChI=1S/C20H36N6O/c1-16(2)27-14-13-26-11-9-17(10-12-26)24-20(21-3)22-15-18-7-6-8-19(23-18)25(4)5/h6-8,16-17H,9-15H2,1-5H3,(H2,21,22,24). The summed E-state index contributed by atoms with van der Waals surface area (Å²) in [6, 6.07) is 6.54. The van der Waals surface area contributed by atoms with Crippen molar-refractivity contribution >= 4 is 11.8 Å². The Labute approximate surface area is 164 Å². The van der Waals surface area contributed by atoms with Gasteiger partial charge in [-0.05, 0) is 38.8 Å². The molecule has 2 N–H and O–H groups in total. The van der Waals surface area contributed by atoms with Gasteiger partial charge in [-0.1, -0.05) is 6.07 Å². The molecule has 0 saturated carbocycles. The molecule has 1 aliphatic rings. The number of hydrogen-bond acceptors (Lipinski definition) is 5. The molecule has 0 aromatic carbocycles. The zero-order valence-electron chi connectivity index (χ0n) is 17.5. The quantitative estimate of drug-likeness (QED) is 0.532. The Balaban J connectivity index is 1.72. The van der Waals surface area contributed by atoms with Gasteiger partial charge in [-0.15, -0.1) is 0 Å². The van der Waals surface area contributed by atoms with Gasteiger partial charge in [0.2, 0.25) is 0 Å². The molecule has 0 atom stereocenters. The summed E-state index contributed by atoms with van der Waals surface area (Å²) >= 11 is 0. The number of aliphatic imine (C=N–C) groups is 1. The monoisotopic (exact) mass is 376 g/mol. The second kappa shape index (κ2) is 11.1. The van der Waals surface area contributed by atoms with Crippen LogP contribution in [-0.4, -0.2) is 75.4 Å². The van der Waals surface area contributed by atoms with Crippen LogP contribution in [0.2, 0.25) is 0 Å². The van der Waals surface area contributed by atoms with Crippen LogP contribution in [0, 0.1) is 0 Å². The van der Waals surface area contributed by atoms with E-state index in [0.717, 1.165) is 56.6 Å². The lowest BCUT2D eigenvalue weighted by Gasteiger charge is -2.33. The number of ether oxygens (including phenoxy) is 1. The summed E-state index contributed by atoms with van der Waals surface area (Å²) < 4.78 is 5.66. The van der Waals surface area contributed by atoms with Crippen molar-refractivity contribution in [2.75, 3.05) is 52.3 Å². The molecule has 2 rings (SSSR count). The van der Waals surface area contributed by atoms with E-state index >= 15 is 0 Å². The van der Waals surface area contributed by atoms with Gasteiger partial charge in [-0.3, -0.25) is 4.99 Å². The van der Waals surface area contributed by atoms with Crippen LogP contribution in [0.5, 0.6) is 0 Å². The molecule has 0 bridgehead atoms. The maximum absolute atomic E-state index is 5.66. The Morgan fingerprint density at radius 3 is 2.70 bits per heavy atom. The fourth-order valence-electron chi connectivity index (χ4n) is 3.10. The lowest BCUT2D eigenvalue weighted by molar-refractivity contribution is 0.0532. The topological polar surface area (TPSA) is 65.0 Å². The third-order valence-corrected chi connectivity index (χ3v) is 4.70. The molecule has 152 valence electrons. The Kier molecular flexibility index (Phi) is 8.81. The van der Waals surface area contributed by atoms with Gasteiger partial charge in [-0.25, -0.2) is 4.98 Å². The van der Waals surface area contributed by atoms with Crippen LogP contribution in [0.4, 0.5) is 5.82 Å². The van der Waals surface area contributed by atoms with Gasteiger partial charge in [0.25, 0.3) is 0 Å². The molecule has 2 heterocycles. The van der Waals surface area contributed by atoms with Crippen molar-refractivity contribution in [3.63, 3.8) is 0 Å². The second-order valence-corrected chi connectivity index (χ2v) is 7.49. The summed E-state index contributed by atoms with van der Waals surface area (Å²) in [6.07, 6.45) is 2.56. The number of rotatable bonds is 8. The van der Waals surface area contributed by atoms with Crippen LogP contribution in [0.1, 0.15) is 32.4 Å². The second-order valence-electron chi connectivity index (χ2n) is 7.49. The average molecular weight is 377 g/mol. The predicted molar refractivity (Wildman–Crippen MR) is 112 cm³/mol. The highest BCUT2D eigenvalue weighted by atomic mass is 16.5. The highest BCUT2D eigenvalue weighted by Gasteiger charge is 2.19. The molecule has 7 heteroatoms. The van der Waals surface area contributed by atoms with Gasteiger partial charge in [0.15, 0.2) is 5.96 Å². The van der Waals surface area contributed by atoms with Crippen LogP contribution in [0.3, 0.4) is 0 Å². The first-order valence-corrected chi connectivity index (χ1v) is 9.92. The molecular weight excluding hydrogens is 340 g/mol. The van der Waals surface area contributed by atoms with Gasteiger partial charge in [0, 0.05) is 46.8 Å². The zero-order valence-corrected chi connectivity index (χ0v) is 17.5. The average Bonchev–Trinajstić information content (AvgIpc) is 2.66. The van der Waals surface area contributed by atoms with Gasteiger partial charge in [0.05, 0.1) is 24.9 Å². The first-order chi connectivity index (χ1) is 13.0. The number of pyridine rings is 1. The molecule has 1 saturated heterocycles. The van der Waals surface area contributed by atoms with Crippen LogP contribution in [0.15, 0.2) is 23.2 Å². The highest BCUT2D eigenvalue weighted by molar-refractivity contribution is 5.79. The summed E-state index contributed by atoms with van der Waals surface area (Å²) in [4.78, 5) is 13.5. The SMILES string of the molecule is CN=C(NCc1cccc(N(C)C)n1)NC1CCN(CCOC(C)C)CC1. The predicted octanol–water partition coefficient (Wildman–Crippen LogP) is 1.70. The van der Waals surface area contributed by atoms with E-state index < -0.39 is 0 Å². The van der Waals surface area contributed by atoms with Crippen molar-refractivity contribution in [1.29, 1.82) is 0 Å². The Bertz CT molecular complexity index is 582. The first-order valence-electron chi connectivity index (χ1n) is 9.92. The molecule has 1 fully saturated rings. The van der Waals surface area contributed by atoms with E-state index in [0.29, 0.717) is 18.7 Å². The number of anilines is 1. The molecule has 0 spiro atoms. The fourth-order valence-corrected chi connectivity index (χ4v) is 3.10. The third-order valence-electron chi connectivity index (χ3n) is 4.70. The number of guanidine groups is 1. The van der Waals surface area contributed by atoms with Crippen LogP contribution in [-0.2, 0) is 11.3 Å². The van der Waals surface area contributed by atoms with E-state index in [1.165, 1.54) is 0 Å². The number of nitrogens with one attached hydrogen (secondary N) is 2. The van der Waals surface area contributed by atoms with Crippen LogP contribution < -0.4 is 15.5 Å². The molecule has 0 unspecified atom stereocenters. The number of hydrogen-bond donors (Lipinski definition) is 2. The van der Waals surface area contributed by atoms with E-state index in [2.05, 4.69) is 39.4 Å². The summed E-state index contributed by atoms with van der Waals surface area (Å²) in [7, 11) is 5.82. The first kappa shape index (κ1) is 21.4. The molecule has 7 nitrogen and oxygen atoms in total. The molecular formula is C20H36N6O. The van der Waals surface area contributed by atoms with E-state index in [4.69, 9.17) is 4.74 Å². The minimum atomic E-state index is 0.312. The van der Waals surface area contributed by atoms with Crippen LogP contribution >= 0.6 is 0 Å². The number of aromatic nitrogens is 1. The van der Waals surface area contributed by atoms with Gasteiger partial charge in [-0.2, -0.15) is 0 Å². The fraction of sp³-hybridized carbons (Fsp3) is 0.700.